The van der Waals surface area contributed by atoms with Crippen LogP contribution in [-0.2, 0) is 0 Å². The Kier molecular flexibility index (Phi) is 4.43. The minimum atomic E-state index is -0.397. The van der Waals surface area contributed by atoms with Crippen LogP contribution >= 0.6 is 50.5 Å². The molecule has 0 saturated heterocycles. The molecule has 0 unspecified atom stereocenters. The second-order valence-electron chi connectivity index (χ2n) is 6.44. The number of hydrazone groups is 1. The summed E-state index contributed by atoms with van der Waals surface area (Å²) < 4.78 is 7.37. The highest BCUT2D eigenvalue weighted by Gasteiger charge is 2.41. The fourth-order valence-corrected chi connectivity index (χ4v) is 5.16. The van der Waals surface area contributed by atoms with E-state index in [1.54, 1.807) is 17.4 Å². The summed E-state index contributed by atoms with van der Waals surface area (Å²) in [7, 11) is 0. The summed E-state index contributed by atoms with van der Waals surface area (Å²) in [4.78, 5) is 1.18. The van der Waals surface area contributed by atoms with Crippen LogP contribution in [0.25, 0.3) is 0 Å². The number of halogens is 3. The normalized spacial score (nSPS) is 20.7. The van der Waals surface area contributed by atoms with E-state index < -0.39 is 6.23 Å². The van der Waals surface area contributed by atoms with Crippen LogP contribution in [0.5, 0.6) is 5.75 Å². The highest BCUT2D eigenvalue weighted by molar-refractivity contribution is 9.10. The number of fused-ring (bicyclic) bond motifs is 3. The Morgan fingerprint density at radius 3 is 2.78 bits per heavy atom. The van der Waals surface area contributed by atoms with E-state index in [2.05, 4.69) is 39.5 Å². The molecule has 0 bridgehead atoms. The Morgan fingerprint density at radius 2 is 2.00 bits per heavy atom. The van der Waals surface area contributed by atoms with Crippen LogP contribution in [-0.4, -0.2) is 10.7 Å². The molecular formula is C20H13BrCl2N2OS. The minimum Gasteiger partial charge on any atom is -0.464 e. The molecule has 2 atom stereocenters. The predicted octanol–water partition coefficient (Wildman–Crippen LogP) is 7.06. The van der Waals surface area contributed by atoms with Gasteiger partial charge in [0.15, 0.2) is 0 Å². The third-order valence-electron chi connectivity index (χ3n) is 4.79. The average Bonchev–Trinajstić information content (AvgIpc) is 3.31. The van der Waals surface area contributed by atoms with Gasteiger partial charge in [-0.05, 0) is 41.8 Å². The first-order valence-corrected chi connectivity index (χ1v) is 10.8. The Balaban J connectivity index is 1.64. The number of rotatable bonds is 2. The number of benzene rings is 2. The van der Waals surface area contributed by atoms with Gasteiger partial charge in [0.05, 0.1) is 21.7 Å². The molecule has 0 radical (unpaired) electrons. The smallest absolute Gasteiger partial charge is 0.215 e. The van der Waals surface area contributed by atoms with Gasteiger partial charge in [0.25, 0.3) is 0 Å². The molecule has 136 valence electrons. The zero-order valence-corrected chi connectivity index (χ0v) is 17.8. The highest BCUT2D eigenvalue weighted by Crippen LogP contribution is 2.49. The molecule has 0 N–H and O–H groups in total. The molecule has 3 aromatic rings. The molecule has 3 nitrogen and oxygen atoms in total. The van der Waals surface area contributed by atoms with Crippen molar-refractivity contribution in [2.45, 2.75) is 18.7 Å². The lowest BCUT2D eigenvalue weighted by atomic mass is 9.97. The van der Waals surface area contributed by atoms with Crippen LogP contribution in [0.15, 0.2) is 63.5 Å². The SMILES string of the molecule is Clc1ccc([C@@H]2Oc3ccc(Br)cc3[C@H]3CC(c4cccs4)=NN32)c(Cl)c1. The molecule has 27 heavy (non-hydrogen) atoms. The van der Waals surface area contributed by atoms with Crippen molar-refractivity contribution in [3.05, 3.63) is 84.4 Å². The van der Waals surface area contributed by atoms with Crippen LogP contribution in [0, 0.1) is 0 Å². The van der Waals surface area contributed by atoms with Gasteiger partial charge in [0, 0.05) is 27.0 Å². The number of nitrogens with zero attached hydrogens (tertiary/aromatic N) is 2. The Morgan fingerprint density at radius 1 is 1.11 bits per heavy atom. The summed E-state index contributed by atoms with van der Waals surface area (Å²) in [5.74, 6) is 0.859. The van der Waals surface area contributed by atoms with Crippen LogP contribution in [0.4, 0.5) is 0 Å². The van der Waals surface area contributed by atoms with Gasteiger partial charge in [-0.25, -0.2) is 5.01 Å². The van der Waals surface area contributed by atoms with Crippen LogP contribution in [0.2, 0.25) is 10.0 Å². The average molecular weight is 480 g/mol. The fourth-order valence-electron chi connectivity index (χ4n) is 3.56. The van der Waals surface area contributed by atoms with Gasteiger partial charge >= 0.3 is 0 Å². The zero-order chi connectivity index (χ0) is 18.5. The summed E-state index contributed by atoms with van der Waals surface area (Å²) >= 11 is 17.9. The summed E-state index contributed by atoms with van der Waals surface area (Å²) in [6.45, 7) is 0. The highest BCUT2D eigenvalue weighted by atomic mass is 79.9. The maximum absolute atomic E-state index is 6.50. The summed E-state index contributed by atoms with van der Waals surface area (Å²) in [6.07, 6.45) is 0.431. The molecule has 0 fully saturated rings. The van der Waals surface area contributed by atoms with Crippen molar-refractivity contribution in [3.8, 4) is 5.75 Å². The van der Waals surface area contributed by atoms with Gasteiger partial charge in [-0.15, -0.1) is 11.3 Å². The molecule has 3 heterocycles. The van der Waals surface area contributed by atoms with Crippen molar-refractivity contribution in [1.29, 1.82) is 0 Å². The van der Waals surface area contributed by atoms with Crippen molar-refractivity contribution >= 4 is 56.2 Å². The third-order valence-corrected chi connectivity index (χ3v) is 6.76. The van der Waals surface area contributed by atoms with Gasteiger partial charge in [-0.1, -0.05) is 51.3 Å². The topological polar surface area (TPSA) is 24.8 Å². The van der Waals surface area contributed by atoms with Crippen LogP contribution in [0.1, 0.15) is 34.7 Å². The second kappa shape index (κ2) is 6.82. The minimum absolute atomic E-state index is 0.0973. The lowest BCUT2D eigenvalue weighted by molar-refractivity contribution is -0.0190. The molecule has 7 heteroatoms. The maximum Gasteiger partial charge on any atom is 0.215 e. The van der Waals surface area contributed by atoms with Gasteiger partial charge in [-0.2, -0.15) is 5.10 Å². The first-order chi connectivity index (χ1) is 13.1. The van der Waals surface area contributed by atoms with Crippen LogP contribution < -0.4 is 4.74 Å². The van der Waals surface area contributed by atoms with Gasteiger partial charge in [-0.3, -0.25) is 0 Å². The van der Waals surface area contributed by atoms with E-state index in [9.17, 15) is 0 Å². The Bertz CT molecular complexity index is 1050. The van der Waals surface area contributed by atoms with E-state index in [0.29, 0.717) is 10.0 Å². The molecule has 0 spiro atoms. The van der Waals surface area contributed by atoms with Crippen molar-refractivity contribution in [2.75, 3.05) is 0 Å². The Hall–Kier alpha value is -1.53. The lowest BCUT2D eigenvalue weighted by Gasteiger charge is -2.38. The molecule has 1 aromatic heterocycles. The summed E-state index contributed by atoms with van der Waals surface area (Å²) in [5, 5.41) is 10.2. The molecule has 2 aliphatic rings. The molecule has 5 rings (SSSR count). The number of ether oxygens (including phenoxy) is 1. The van der Waals surface area contributed by atoms with Gasteiger partial charge in [0.1, 0.15) is 5.75 Å². The van der Waals surface area contributed by atoms with E-state index in [0.717, 1.165) is 33.5 Å². The molecule has 0 amide bonds. The zero-order valence-electron chi connectivity index (χ0n) is 13.9. The van der Waals surface area contributed by atoms with Gasteiger partial charge < -0.3 is 4.74 Å². The van der Waals surface area contributed by atoms with E-state index >= 15 is 0 Å². The summed E-state index contributed by atoms with van der Waals surface area (Å²) in [5.41, 5.74) is 3.05. The first-order valence-electron chi connectivity index (χ1n) is 8.41. The largest absolute Gasteiger partial charge is 0.464 e. The Labute approximate surface area is 179 Å². The number of thiophene rings is 1. The molecule has 0 saturated carbocycles. The summed E-state index contributed by atoms with van der Waals surface area (Å²) in [6, 6.07) is 15.8. The number of hydrogen-bond acceptors (Lipinski definition) is 4. The monoisotopic (exact) mass is 478 g/mol. The molecule has 2 aromatic carbocycles. The standard InChI is InChI=1S/C20H13BrCl2N2OS/c21-11-3-6-18-14(8-11)17-10-16(19-2-1-7-27-19)24-25(17)20(26-18)13-5-4-12(22)9-15(13)23/h1-9,17,20H,10H2/t17-,20+/m1/s1. The number of hydrogen-bond donors (Lipinski definition) is 0. The van der Waals surface area contributed by atoms with Gasteiger partial charge in [0.2, 0.25) is 6.23 Å². The molecule has 0 aliphatic carbocycles. The van der Waals surface area contributed by atoms with E-state index in [1.807, 2.05) is 29.3 Å². The quantitative estimate of drug-likeness (QED) is 0.393. The maximum atomic E-state index is 6.50. The lowest BCUT2D eigenvalue weighted by Crippen LogP contribution is -2.33. The molecule has 2 aliphatic heterocycles. The first kappa shape index (κ1) is 17.6. The van der Waals surface area contributed by atoms with Crippen molar-refractivity contribution in [1.82, 2.24) is 5.01 Å². The van der Waals surface area contributed by atoms with E-state index in [-0.39, 0.29) is 6.04 Å². The van der Waals surface area contributed by atoms with Crippen molar-refractivity contribution in [3.63, 3.8) is 0 Å². The predicted molar refractivity (Wildman–Crippen MR) is 114 cm³/mol. The van der Waals surface area contributed by atoms with E-state index in [4.69, 9.17) is 33.0 Å². The van der Waals surface area contributed by atoms with E-state index in [1.165, 1.54) is 4.88 Å². The third kappa shape index (κ3) is 3.07. The second-order valence-corrected chi connectivity index (χ2v) is 9.15. The van der Waals surface area contributed by atoms with Crippen LogP contribution in [0.3, 0.4) is 0 Å². The van der Waals surface area contributed by atoms with Crippen molar-refractivity contribution in [2.24, 2.45) is 5.10 Å². The van der Waals surface area contributed by atoms with Crippen molar-refractivity contribution < 1.29 is 4.74 Å². The molecular weight excluding hydrogens is 467 g/mol. The fraction of sp³-hybridized carbons (Fsp3) is 0.150.